The molecule has 0 spiro atoms. The average Bonchev–Trinajstić information content (AvgIpc) is 2.58. The summed E-state index contributed by atoms with van der Waals surface area (Å²) in [6.45, 7) is 6.74. The monoisotopic (exact) mass is 331 g/mol. The zero-order valence-corrected chi connectivity index (χ0v) is 15.4. The van der Waals surface area contributed by atoms with Gasteiger partial charge in [0.1, 0.15) is 0 Å². The third-order valence-corrected chi connectivity index (χ3v) is 5.32. The summed E-state index contributed by atoms with van der Waals surface area (Å²) in [5, 5.41) is 12.9. The molecule has 1 fully saturated rings. The van der Waals surface area contributed by atoms with Gasteiger partial charge in [-0.2, -0.15) is 0 Å². The van der Waals surface area contributed by atoms with Crippen LogP contribution in [0.5, 0.6) is 0 Å². The number of hydrogen-bond donors (Lipinski definition) is 2. The van der Waals surface area contributed by atoms with Crippen molar-refractivity contribution in [3.63, 3.8) is 0 Å². The summed E-state index contributed by atoms with van der Waals surface area (Å²) in [5.74, 6) is -0.251. The predicted octanol–water partition coefficient (Wildman–Crippen LogP) is 4.96. The zero-order chi connectivity index (χ0) is 17.5. The van der Waals surface area contributed by atoms with Crippen LogP contribution in [0.1, 0.15) is 76.5 Å². The second kappa shape index (κ2) is 9.22. The van der Waals surface area contributed by atoms with Crippen molar-refractivity contribution in [1.82, 2.24) is 5.32 Å². The fourth-order valence-corrected chi connectivity index (χ4v) is 3.71. The number of unbranched alkanes of at least 4 members (excludes halogenated alkanes) is 1. The lowest BCUT2D eigenvalue weighted by molar-refractivity contribution is -0.142. The number of aryl methyl sites for hydroxylation is 1. The SMILES string of the molecule is CCCCc1ccc(C(NC2CCC(C(=O)O)CC2)C(C)C)cc1. The first-order chi connectivity index (χ1) is 11.5. The molecule has 1 unspecified atom stereocenters. The van der Waals surface area contributed by atoms with E-state index in [0.29, 0.717) is 18.0 Å². The molecule has 1 saturated carbocycles. The quantitative estimate of drug-likeness (QED) is 0.708. The third-order valence-electron chi connectivity index (χ3n) is 5.32. The Morgan fingerprint density at radius 3 is 2.29 bits per heavy atom. The van der Waals surface area contributed by atoms with E-state index in [4.69, 9.17) is 5.11 Å². The van der Waals surface area contributed by atoms with E-state index in [2.05, 4.69) is 50.4 Å². The zero-order valence-electron chi connectivity index (χ0n) is 15.4. The van der Waals surface area contributed by atoms with Crippen LogP contribution in [0.2, 0.25) is 0 Å². The average molecular weight is 332 g/mol. The van der Waals surface area contributed by atoms with Crippen molar-refractivity contribution in [2.24, 2.45) is 11.8 Å². The lowest BCUT2D eigenvalue weighted by atomic mass is 9.84. The van der Waals surface area contributed by atoms with Crippen LogP contribution in [0, 0.1) is 11.8 Å². The van der Waals surface area contributed by atoms with E-state index in [-0.39, 0.29) is 5.92 Å². The maximum absolute atomic E-state index is 11.1. The molecule has 1 aromatic carbocycles. The van der Waals surface area contributed by atoms with Crippen molar-refractivity contribution in [3.05, 3.63) is 35.4 Å². The first-order valence-corrected chi connectivity index (χ1v) is 9.59. The Kier molecular flexibility index (Phi) is 7.29. The summed E-state index contributed by atoms with van der Waals surface area (Å²) in [7, 11) is 0. The van der Waals surface area contributed by atoms with Gasteiger partial charge in [0.15, 0.2) is 0 Å². The van der Waals surface area contributed by atoms with Crippen molar-refractivity contribution in [1.29, 1.82) is 0 Å². The number of aliphatic carboxylic acids is 1. The minimum absolute atomic E-state index is 0.140. The van der Waals surface area contributed by atoms with Crippen molar-refractivity contribution in [2.75, 3.05) is 0 Å². The van der Waals surface area contributed by atoms with E-state index in [9.17, 15) is 4.79 Å². The molecular formula is C21H33NO2. The maximum atomic E-state index is 11.1. The number of rotatable bonds is 8. The Bertz CT molecular complexity index is 501. The molecule has 3 nitrogen and oxygen atoms in total. The molecule has 1 aliphatic rings. The van der Waals surface area contributed by atoms with E-state index < -0.39 is 5.97 Å². The van der Waals surface area contributed by atoms with Crippen molar-refractivity contribution in [3.8, 4) is 0 Å². The lowest BCUT2D eigenvalue weighted by Gasteiger charge is -2.33. The van der Waals surface area contributed by atoms with Gasteiger partial charge in [-0.3, -0.25) is 4.79 Å². The normalized spacial score (nSPS) is 22.5. The molecule has 0 saturated heterocycles. The van der Waals surface area contributed by atoms with Crippen LogP contribution in [-0.4, -0.2) is 17.1 Å². The second-order valence-corrected chi connectivity index (χ2v) is 7.62. The number of hydrogen-bond acceptors (Lipinski definition) is 2. The van der Waals surface area contributed by atoms with E-state index in [1.54, 1.807) is 0 Å². The fraction of sp³-hybridized carbons (Fsp3) is 0.667. The Morgan fingerprint density at radius 2 is 1.79 bits per heavy atom. The highest BCUT2D eigenvalue weighted by atomic mass is 16.4. The van der Waals surface area contributed by atoms with Gasteiger partial charge in [-0.15, -0.1) is 0 Å². The van der Waals surface area contributed by atoms with Gasteiger partial charge in [0, 0.05) is 12.1 Å². The second-order valence-electron chi connectivity index (χ2n) is 7.62. The molecule has 1 aromatic rings. The van der Waals surface area contributed by atoms with E-state index >= 15 is 0 Å². The molecule has 1 atom stereocenters. The number of benzene rings is 1. The summed E-state index contributed by atoms with van der Waals surface area (Å²) in [5.41, 5.74) is 2.77. The Hall–Kier alpha value is -1.35. The van der Waals surface area contributed by atoms with Crippen LogP contribution in [0.4, 0.5) is 0 Å². The summed E-state index contributed by atoms with van der Waals surface area (Å²) >= 11 is 0. The van der Waals surface area contributed by atoms with Crippen LogP contribution >= 0.6 is 0 Å². The molecule has 0 aromatic heterocycles. The van der Waals surface area contributed by atoms with Crippen LogP contribution in [0.15, 0.2) is 24.3 Å². The van der Waals surface area contributed by atoms with E-state index in [1.807, 2.05) is 0 Å². The first kappa shape index (κ1) is 19.0. The van der Waals surface area contributed by atoms with Gasteiger partial charge in [0.2, 0.25) is 0 Å². The molecule has 2 N–H and O–H groups in total. The molecule has 0 bridgehead atoms. The predicted molar refractivity (Wildman–Crippen MR) is 99.2 cm³/mol. The Balaban J connectivity index is 1.96. The van der Waals surface area contributed by atoms with Gasteiger partial charge in [-0.1, -0.05) is 51.5 Å². The first-order valence-electron chi connectivity index (χ1n) is 9.59. The molecule has 0 aliphatic heterocycles. The van der Waals surface area contributed by atoms with Crippen molar-refractivity contribution >= 4 is 5.97 Å². The Labute approximate surface area is 146 Å². The van der Waals surface area contributed by atoms with Crippen LogP contribution in [-0.2, 0) is 11.2 Å². The molecule has 0 radical (unpaired) electrons. The fourth-order valence-electron chi connectivity index (χ4n) is 3.71. The summed E-state index contributed by atoms with van der Waals surface area (Å²) < 4.78 is 0. The third kappa shape index (κ3) is 5.34. The topological polar surface area (TPSA) is 49.3 Å². The molecule has 134 valence electrons. The Morgan fingerprint density at radius 1 is 1.17 bits per heavy atom. The van der Waals surface area contributed by atoms with Gasteiger partial charge in [-0.05, 0) is 55.6 Å². The van der Waals surface area contributed by atoms with Crippen molar-refractivity contribution in [2.45, 2.75) is 77.8 Å². The molecule has 24 heavy (non-hydrogen) atoms. The number of carboxylic acid groups (broad SMARTS) is 1. The molecular weight excluding hydrogens is 298 g/mol. The largest absolute Gasteiger partial charge is 0.481 e. The van der Waals surface area contributed by atoms with Gasteiger partial charge < -0.3 is 10.4 Å². The minimum atomic E-state index is -0.628. The van der Waals surface area contributed by atoms with Crippen LogP contribution in [0.25, 0.3) is 0 Å². The molecule has 0 heterocycles. The summed E-state index contributed by atoms with van der Waals surface area (Å²) in [4.78, 5) is 11.1. The highest BCUT2D eigenvalue weighted by Gasteiger charge is 2.28. The maximum Gasteiger partial charge on any atom is 0.306 e. The molecule has 3 heteroatoms. The summed E-state index contributed by atoms with van der Waals surface area (Å²) in [6, 6.07) is 9.86. The van der Waals surface area contributed by atoms with Gasteiger partial charge in [-0.25, -0.2) is 0 Å². The minimum Gasteiger partial charge on any atom is -0.481 e. The molecule has 0 amide bonds. The van der Waals surface area contributed by atoms with Crippen LogP contribution < -0.4 is 5.32 Å². The number of carboxylic acids is 1. The highest BCUT2D eigenvalue weighted by Crippen LogP contribution is 2.29. The molecule has 2 rings (SSSR count). The highest BCUT2D eigenvalue weighted by molar-refractivity contribution is 5.70. The smallest absolute Gasteiger partial charge is 0.306 e. The number of carbonyl (C=O) groups is 1. The van der Waals surface area contributed by atoms with Crippen LogP contribution in [0.3, 0.4) is 0 Å². The van der Waals surface area contributed by atoms with E-state index in [0.717, 1.165) is 32.1 Å². The van der Waals surface area contributed by atoms with Gasteiger partial charge in [0.25, 0.3) is 0 Å². The van der Waals surface area contributed by atoms with Gasteiger partial charge >= 0.3 is 5.97 Å². The van der Waals surface area contributed by atoms with Gasteiger partial charge in [0.05, 0.1) is 5.92 Å². The molecule has 1 aliphatic carbocycles. The van der Waals surface area contributed by atoms with Crippen molar-refractivity contribution < 1.29 is 9.90 Å². The standard InChI is InChI=1S/C21H33NO2/c1-4-5-6-16-7-9-17(10-8-16)20(15(2)3)22-19-13-11-18(12-14-19)21(23)24/h7-10,15,18-20,22H,4-6,11-14H2,1-3H3,(H,23,24). The summed E-state index contributed by atoms with van der Waals surface area (Å²) in [6.07, 6.45) is 7.18. The lowest BCUT2D eigenvalue weighted by Crippen LogP contribution is -2.39. The number of nitrogens with one attached hydrogen (secondary N) is 1. The van der Waals surface area contributed by atoms with E-state index in [1.165, 1.54) is 24.0 Å².